The molecule has 0 saturated heterocycles. The first-order valence-electron chi connectivity index (χ1n) is 6.62. The number of hydrogen-bond acceptors (Lipinski definition) is 5. The predicted molar refractivity (Wildman–Crippen MR) is 83.0 cm³/mol. The normalized spacial score (nSPS) is 11.2. The Bertz CT molecular complexity index is 595. The van der Waals surface area contributed by atoms with Gasteiger partial charge in [0.25, 0.3) is 0 Å². The van der Waals surface area contributed by atoms with Gasteiger partial charge in [-0.15, -0.1) is 0 Å². The van der Waals surface area contributed by atoms with Crippen molar-refractivity contribution >= 4 is 38.3 Å². The molecule has 1 aromatic carbocycles. The van der Waals surface area contributed by atoms with Gasteiger partial charge < -0.3 is 15.8 Å². The molecule has 0 atom stereocenters. The maximum atomic E-state index is 11.8. The number of aromatic nitrogens is 1. The minimum atomic E-state index is -0.0376. The summed E-state index contributed by atoms with van der Waals surface area (Å²) in [6, 6.07) is 5.52. The number of anilines is 2. The Morgan fingerprint density at radius 1 is 1.50 bits per heavy atom. The summed E-state index contributed by atoms with van der Waals surface area (Å²) in [7, 11) is 0. The lowest BCUT2D eigenvalue weighted by Crippen LogP contribution is -2.13. The molecular weight excluding hydrogens is 274 g/mol. The smallest absolute Gasteiger partial charge is 0.226 e. The Morgan fingerprint density at radius 2 is 2.30 bits per heavy atom. The fourth-order valence-electron chi connectivity index (χ4n) is 1.73. The van der Waals surface area contributed by atoms with Crippen LogP contribution in [0, 0.1) is 0 Å². The summed E-state index contributed by atoms with van der Waals surface area (Å²) in [5.74, 6) is -0.0376. The van der Waals surface area contributed by atoms with E-state index in [4.69, 9.17) is 10.5 Å². The van der Waals surface area contributed by atoms with Crippen LogP contribution in [0.1, 0.15) is 26.7 Å². The molecule has 0 saturated carbocycles. The van der Waals surface area contributed by atoms with Crippen LogP contribution >= 0.6 is 11.3 Å². The number of fused-ring (bicyclic) bond motifs is 1. The van der Waals surface area contributed by atoms with E-state index in [1.807, 2.05) is 26.0 Å². The third kappa shape index (κ3) is 4.18. The zero-order valence-electron chi connectivity index (χ0n) is 11.7. The van der Waals surface area contributed by atoms with Gasteiger partial charge in [0, 0.05) is 18.7 Å². The van der Waals surface area contributed by atoms with Crippen molar-refractivity contribution in [1.29, 1.82) is 0 Å². The molecule has 0 aliphatic heterocycles. The number of nitrogens with two attached hydrogens (primary N) is 1. The number of hydrogen-bond donors (Lipinski definition) is 2. The maximum Gasteiger partial charge on any atom is 0.226 e. The average Bonchev–Trinajstić information content (AvgIpc) is 2.75. The molecule has 20 heavy (non-hydrogen) atoms. The Balaban J connectivity index is 1.86. The summed E-state index contributed by atoms with van der Waals surface area (Å²) in [4.78, 5) is 16.1. The zero-order chi connectivity index (χ0) is 14.5. The summed E-state index contributed by atoms with van der Waals surface area (Å²) >= 11 is 1.43. The van der Waals surface area contributed by atoms with Crippen LogP contribution in [0.25, 0.3) is 10.2 Å². The molecule has 1 aromatic heterocycles. The molecule has 2 aromatic rings. The van der Waals surface area contributed by atoms with Gasteiger partial charge in [-0.2, -0.15) is 0 Å². The molecule has 1 heterocycles. The first-order chi connectivity index (χ1) is 9.54. The van der Waals surface area contributed by atoms with Crippen molar-refractivity contribution in [2.75, 3.05) is 17.7 Å². The fraction of sp³-hybridized carbons (Fsp3) is 0.429. The molecule has 0 aliphatic carbocycles. The molecule has 1 amide bonds. The fourth-order valence-corrected chi connectivity index (χ4v) is 2.66. The predicted octanol–water partition coefficient (Wildman–Crippen LogP) is 3.02. The number of carbonyl (C=O) groups excluding carboxylic acids is 1. The van der Waals surface area contributed by atoms with E-state index in [0.717, 1.165) is 10.2 Å². The SMILES string of the molecule is CC(C)OCCCC(=O)Nc1nc2ccc(N)cc2s1. The molecule has 5 nitrogen and oxygen atoms in total. The van der Waals surface area contributed by atoms with Gasteiger partial charge >= 0.3 is 0 Å². The number of benzene rings is 1. The molecule has 3 N–H and O–H groups in total. The van der Waals surface area contributed by atoms with E-state index in [1.54, 1.807) is 6.07 Å². The van der Waals surface area contributed by atoms with Gasteiger partial charge in [-0.25, -0.2) is 4.98 Å². The first kappa shape index (κ1) is 14.7. The number of nitrogens with one attached hydrogen (secondary N) is 1. The van der Waals surface area contributed by atoms with E-state index in [2.05, 4.69) is 10.3 Å². The molecule has 0 fully saturated rings. The second-order valence-electron chi connectivity index (χ2n) is 4.82. The Morgan fingerprint density at radius 3 is 3.05 bits per heavy atom. The summed E-state index contributed by atoms with van der Waals surface area (Å²) < 4.78 is 6.37. The van der Waals surface area contributed by atoms with Gasteiger partial charge in [0.1, 0.15) is 0 Å². The number of amides is 1. The van der Waals surface area contributed by atoms with Crippen LogP contribution in [0.2, 0.25) is 0 Å². The number of ether oxygens (including phenoxy) is 1. The molecule has 0 radical (unpaired) electrons. The number of carbonyl (C=O) groups is 1. The maximum absolute atomic E-state index is 11.8. The molecule has 0 bridgehead atoms. The molecule has 0 unspecified atom stereocenters. The highest BCUT2D eigenvalue weighted by molar-refractivity contribution is 7.22. The third-order valence-electron chi connectivity index (χ3n) is 2.66. The number of nitrogen functional groups attached to an aromatic ring is 1. The van der Waals surface area contributed by atoms with Gasteiger partial charge in [0.05, 0.1) is 16.3 Å². The third-order valence-corrected chi connectivity index (χ3v) is 3.59. The second-order valence-corrected chi connectivity index (χ2v) is 5.85. The minimum absolute atomic E-state index is 0.0376. The van der Waals surface area contributed by atoms with Crippen molar-refractivity contribution in [1.82, 2.24) is 4.98 Å². The lowest BCUT2D eigenvalue weighted by Gasteiger charge is -2.06. The Hall–Kier alpha value is -1.66. The summed E-state index contributed by atoms with van der Waals surface area (Å²) in [5.41, 5.74) is 7.27. The molecule has 0 aliphatic rings. The van der Waals surface area contributed by atoms with E-state index in [-0.39, 0.29) is 12.0 Å². The minimum Gasteiger partial charge on any atom is -0.399 e. The van der Waals surface area contributed by atoms with E-state index >= 15 is 0 Å². The highest BCUT2D eigenvalue weighted by atomic mass is 32.1. The van der Waals surface area contributed by atoms with Crippen molar-refractivity contribution in [2.45, 2.75) is 32.8 Å². The Labute approximate surface area is 122 Å². The van der Waals surface area contributed by atoms with Crippen molar-refractivity contribution in [3.63, 3.8) is 0 Å². The molecule has 108 valence electrons. The van der Waals surface area contributed by atoms with E-state index in [9.17, 15) is 4.79 Å². The van der Waals surface area contributed by atoms with Gasteiger partial charge in [-0.1, -0.05) is 11.3 Å². The van der Waals surface area contributed by atoms with Crippen LogP contribution in [-0.4, -0.2) is 23.6 Å². The van der Waals surface area contributed by atoms with Gasteiger partial charge in [-0.05, 0) is 38.5 Å². The molecule has 2 rings (SSSR count). The van der Waals surface area contributed by atoms with E-state index in [0.29, 0.717) is 30.3 Å². The summed E-state index contributed by atoms with van der Waals surface area (Å²) in [6.45, 7) is 4.56. The van der Waals surface area contributed by atoms with Crippen LogP contribution in [0.4, 0.5) is 10.8 Å². The largest absolute Gasteiger partial charge is 0.399 e. The summed E-state index contributed by atoms with van der Waals surface area (Å²) in [5, 5.41) is 3.42. The molecule has 6 heteroatoms. The average molecular weight is 293 g/mol. The highest BCUT2D eigenvalue weighted by Crippen LogP contribution is 2.27. The van der Waals surface area contributed by atoms with Gasteiger partial charge in [0.15, 0.2) is 5.13 Å². The van der Waals surface area contributed by atoms with E-state index in [1.165, 1.54) is 11.3 Å². The van der Waals surface area contributed by atoms with Crippen molar-refractivity contribution in [3.8, 4) is 0 Å². The second kappa shape index (κ2) is 6.67. The monoisotopic (exact) mass is 293 g/mol. The van der Waals surface area contributed by atoms with Crippen molar-refractivity contribution < 1.29 is 9.53 Å². The van der Waals surface area contributed by atoms with Crippen LogP contribution in [-0.2, 0) is 9.53 Å². The van der Waals surface area contributed by atoms with Crippen LogP contribution in [0.5, 0.6) is 0 Å². The number of thiazole rings is 1. The summed E-state index contributed by atoms with van der Waals surface area (Å²) in [6.07, 6.45) is 1.35. The van der Waals surface area contributed by atoms with Gasteiger partial charge in [-0.3, -0.25) is 4.79 Å². The van der Waals surface area contributed by atoms with Crippen LogP contribution in [0.3, 0.4) is 0 Å². The topological polar surface area (TPSA) is 77.2 Å². The first-order valence-corrected chi connectivity index (χ1v) is 7.44. The van der Waals surface area contributed by atoms with Crippen molar-refractivity contribution in [2.24, 2.45) is 0 Å². The standard InChI is InChI=1S/C14H19N3O2S/c1-9(2)19-7-3-4-13(18)17-14-16-11-6-5-10(15)8-12(11)20-14/h5-6,8-9H,3-4,7,15H2,1-2H3,(H,16,17,18). The lowest BCUT2D eigenvalue weighted by molar-refractivity contribution is -0.116. The lowest BCUT2D eigenvalue weighted by atomic mass is 10.3. The molecular formula is C14H19N3O2S. The van der Waals surface area contributed by atoms with Gasteiger partial charge in [0.2, 0.25) is 5.91 Å². The Kier molecular flexibility index (Phi) is 4.92. The number of rotatable bonds is 6. The quantitative estimate of drug-likeness (QED) is 0.634. The zero-order valence-corrected chi connectivity index (χ0v) is 12.5. The van der Waals surface area contributed by atoms with Crippen LogP contribution in [0.15, 0.2) is 18.2 Å². The van der Waals surface area contributed by atoms with Crippen LogP contribution < -0.4 is 11.1 Å². The highest BCUT2D eigenvalue weighted by Gasteiger charge is 2.08. The van der Waals surface area contributed by atoms with Crippen molar-refractivity contribution in [3.05, 3.63) is 18.2 Å². The molecule has 0 spiro atoms. The van der Waals surface area contributed by atoms with E-state index < -0.39 is 0 Å². The number of nitrogens with zero attached hydrogens (tertiary/aromatic N) is 1.